The van der Waals surface area contributed by atoms with Crippen LogP contribution < -0.4 is 10.1 Å². The molecule has 1 saturated heterocycles. The maximum Gasteiger partial charge on any atom is 0.260 e. The van der Waals surface area contributed by atoms with Crippen molar-refractivity contribution < 1.29 is 19.1 Å². The summed E-state index contributed by atoms with van der Waals surface area (Å²) in [6, 6.07) is 15.2. The van der Waals surface area contributed by atoms with E-state index in [1.54, 1.807) is 4.90 Å². The third-order valence-electron chi connectivity index (χ3n) is 5.17. The third-order valence-corrected chi connectivity index (χ3v) is 5.17. The van der Waals surface area contributed by atoms with E-state index in [9.17, 15) is 9.59 Å². The molecule has 2 aliphatic heterocycles. The predicted octanol–water partition coefficient (Wildman–Crippen LogP) is 2.77. The van der Waals surface area contributed by atoms with Gasteiger partial charge in [-0.1, -0.05) is 24.3 Å². The van der Waals surface area contributed by atoms with Crippen LogP contribution in [-0.4, -0.2) is 42.6 Å². The van der Waals surface area contributed by atoms with Crippen molar-refractivity contribution in [2.24, 2.45) is 0 Å². The van der Waals surface area contributed by atoms with Crippen LogP contribution in [0.15, 0.2) is 48.5 Å². The highest BCUT2D eigenvalue weighted by Crippen LogP contribution is 2.24. The van der Waals surface area contributed by atoms with Gasteiger partial charge in [0.1, 0.15) is 11.9 Å². The number of anilines is 1. The van der Waals surface area contributed by atoms with Crippen molar-refractivity contribution in [3.05, 3.63) is 59.7 Å². The first-order chi connectivity index (χ1) is 13.7. The van der Waals surface area contributed by atoms with Crippen molar-refractivity contribution in [2.45, 2.75) is 31.9 Å². The largest absolute Gasteiger partial charge is 0.484 e. The van der Waals surface area contributed by atoms with Crippen LogP contribution in [0.5, 0.6) is 5.75 Å². The number of nitrogens with one attached hydrogen (secondary N) is 1. The summed E-state index contributed by atoms with van der Waals surface area (Å²) in [5, 5.41) is 2.93. The number of hydrogen-bond donors (Lipinski definition) is 1. The Balaban J connectivity index is 1.36. The van der Waals surface area contributed by atoms with Gasteiger partial charge in [-0.25, -0.2) is 0 Å². The molecule has 1 N–H and O–H groups in total. The molecule has 0 saturated carbocycles. The number of amides is 2. The molecule has 0 aliphatic carbocycles. The summed E-state index contributed by atoms with van der Waals surface area (Å²) < 4.78 is 11.0. The van der Waals surface area contributed by atoms with Gasteiger partial charge in [0.2, 0.25) is 0 Å². The Morgan fingerprint density at radius 3 is 2.79 bits per heavy atom. The van der Waals surface area contributed by atoms with E-state index < -0.39 is 0 Å². The van der Waals surface area contributed by atoms with Crippen LogP contribution in [0.4, 0.5) is 5.69 Å². The molecule has 2 aromatic carbocycles. The number of benzene rings is 2. The van der Waals surface area contributed by atoms with Crippen LogP contribution in [-0.2, 0) is 27.3 Å². The Morgan fingerprint density at radius 2 is 2.00 bits per heavy atom. The molecule has 0 spiro atoms. The fraction of sp³-hybridized carbons (Fsp3) is 0.364. The molecular weight excluding hydrogens is 356 g/mol. The minimum atomic E-state index is -0.357. The van der Waals surface area contributed by atoms with Crippen molar-refractivity contribution in [1.29, 1.82) is 0 Å². The van der Waals surface area contributed by atoms with Crippen molar-refractivity contribution >= 4 is 17.5 Å². The van der Waals surface area contributed by atoms with Gasteiger partial charge in [-0.15, -0.1) is 0 Å². The summed E-state index contributed by atoms with van der Waals surface area (Å²) in [6.45, 7) is 1.86. The smallest absolute Gasteiger partial charge is 0.260 e. The molecule has 2 heterocycles. The first kappa shape index (κ1) is 18.5. The Bertz CT molecular complexity index is 847. The zero-order valence-corrected chi connectivity index (χ0v) is 15.7. The maximum atomic E-state index is 12.5. The maximum absolute atomic E-state index is 12.5. The van der Waals surface area contributed by atoms with E-state index in [0.717, 1.165) is 30.5 Å². The molecule has 6 nitrogen and oxygen atoms in total. The highest BCUT2D eigenvalue weighted by atomic mass is 16.5. The average molecular weight is 380 g/mol. The molecule has 0 aromatic heterocycles. The Morgan fingerprint density at radius 1 is 1.14 bits per heavy atom. The quantitative estimate of drug-likeness (QED) is 0.866. The summed E-state index contributed by atoms with van der Waals surface area (Å²) in [5.74, 6) is 0.549. The second kappa shape index (κ2) is 8.44. The summed E-state index contributed by atoms with van der Waals surface area (Å²) in [5.41, 5.74) is 3.02. The molecule has 1 atom stereocenters. The SMILES string of the molecule is O=C(Nc1ccc2c(c1)CN(C(=O)COc1ccccc1)CC2)C1CCCO1. The van der Waals surface area contributed by atoms with Crippen LogP contribution >= 0.6 is 0 Å². The van der Waals surface area contributed by atoms with Crippen molar-refractivity contribution in [2.75, 3.05) is 25.1 Å². The highest BCUT2D eigenvalue weighted by Gasteiger charge is 2.25. The number of para-hydroxylation sites is 1. The minimum absolute atomic E-state index is 0.0226. The number of nitrogens with zero attached hydrogens (tertiary/aromatic N) is 1. The molecule has 1 fully saturated rings. The molecule has 0 bridgehead atoms. The lowest BCUT2D eigenvalue weighted by molar-refractivity contribution is -0.134. The normalized spacial score (nSPS) is 18.4. The third kappa shape index (κ3) is 4.34. The van der Waals surface area contributed by atoms with E-state index >= 15 is 0 Å². The number of ether oxygens (including phenoxy) is 2. The summed E-state index contributed by atoms with van der Waals surface area (Å²) in [4.78, 5) is 26.6. The van der Waals surface area contributed by atoms with Crippen LogP contribution in [0.1, 0.15) is 24.0 Å². The lowest BCUT2D eigenvalue weighted by Crippen LogP contribution is -2.38. The van der Waals surface area contributed by atoms with Gasteiger partial charge < -0.3 is 19.7 Å². The number of hydrogen-bond acceptors (Lipinski definition) is 4. The number of carbonyl (C=O) groups is 2. The number of rotatable bonds is 5. The van der Waals surface area contributed by atoms with Gasteiger partial charge in [0.25, 0.3) is 11.8 Å². The monoisotopic (exact) mass is 380 g/mol. The second-order valence-electron chi connectivity index (χ2n) is 7.14. The van der Waals surface area contributed by atoms with Crippen LogP contribution in [0.3, 0.4) is 0 Å². The Hall–Kier alpha value is -2.86. The molecule has 2 aromatic rings. The van der Waals surface area contributed by atoms with E-state index in [4.69, 9.17) is 9.47 Å². The molecular formula is C22H24N2O4. The van der Waals surface area contributed by atoms with E-state index in [1.165, 1.54) is 5.56 Å². The first-order valence-corrected chi connectivity index (χ1v) is 9.69. The number of fused-ring (bicyclic) bond motifs is 1. The lowest BCUT2D eigenvalue weighted by Gasteiger charge is -2.29. The van der Waals surface area contributed by atoms with E-state index in [-0.39, 0.29) is 24.5 Å². The van der Waals surface area contributed by atoms with Gasteiger partial charge >= 0.3 is 0 Å². The van der Waals surface area contributed by atoms with Gasteiger partial charge in [0, 0.05) is 25.4 Å². The molecule has 4 rings (SSSR count). The lowest BCUT2D eigenvalue weighted by atomic mass is 9.99. The zero-order valence-electron chi connectivity index (χ0n) is 15.7. The highest BCUT2D eigenvalue weighted by molar-refractivity contribution is 5.94. The fourth-order valence-electron chi connectivity index (χ4n) is 3.61. The molecule has 146 valence electrons. The first-order valence-electron chi connectivity index (χ1n) is 9.69. The van der Waals surface area contributed by atoms with Gasteiger partial charge in [0.05, 0.1) is 0 Å². The van der Waals surface area contributed by atoms with E-state index in [1.807, 2.05) is 48.5 Å². The topological polar surface area (TPSA) is 67.9 Å². The molecule has 2 aliphatic rings. The fourth-order valence-corrected chi connectivity index (χ4v) is 3.61. The van der Waals surface area contributed by atoms with E-state index in [0.29, 0.717) is 25.4 Å². The molecule has 2 amide bonds. The average Bonchev–Trinajstić information content (AvgIpc) is 3.27. The molecule has 28 heavy (non-hydrogen) atoms. The summed E-state index contributed by atoms with van der Waals surface area (Å²) in [7, 11) is 0. The van der Waals surface area contributed by atoms with Crippen LogP contribution in [0.25, 0.3) is 0 Å². The minimum Gasteiger partial charge on any atom is -0.484 e. The van der Waals surface area contributed by atoms with Crippen molar-refractivity contribution in [3.63, 3.8) is 0 Å². The van der Waals surface area contributed by atoms with Gasteiger partial charge in [-0.2, -0.15) is 0 Å². The Kier molecular flexibility index (Phi) is 5.58. The number of carbonyl (C=O) groups excluding carboxylic acids is 2. The molecule has 0 radical (unpaired) electrons. The molecule has 6 heteroatoms. The molecule has 1 unspecified atom stereocenters. The summed E-state index contributed by atoms with van der Waals surface area (Å²) >= 11 is 0. The second-order valence-corrected chi connectivity index (χ2v) is 7.14. The predicted molar refractivity (Wildman–Crippen MR) is 105 cm³/mol. The standard InChI is InChI=1S/C22H24N2O4/c25-21(15-28-19-5-2-1-3-6-19)24-11-10-16-8-9-18(13-17(16)14-24)23-22(26)20-7-4-12-27-20/h1-3,5-6,8-9,13,20H,4,7,10-12,14-15H2,(H,23,26). The van der Waals surface area contributed by atoms with Crippen LogP contribution in [0, 0.1) is 0 Å². The van der Waals surface area contributed by atoms with Crippen LogP contribution in [0.2, 0.25) is 0 Å². The zero-order chi connectivity index (χ0) is 19.3. The van der Waals surface area contributed by atoms with Crippen molar-refractivity contribution in [1.82, 2.24) is 4.90 Å². The van der Waals surface area contributed by atoms with Gasteiger partial charge in [-0.05, 0) is 54.7 Å². The summed E-state index contributed by atoms with van der Waals surface area (Å²) in [6.07, 6.45) is 2.13. The van der Waals surface area contributed by atoms with E-state index in [2.05, 4.69) is 5.32 Å². The van der Waals surface area contributed by atoms with Gasteiger partial charge in [0.15, 0.2) is 6.61 Å². The van der Waals surface area contributed by atoms with Gasteiger partial charge in [-0.3, -0.25) is 9.59 Å². The van der Waals surface area contributed by atoms with Crippen molar-refractivity contribution in [3.8, 4) is 5.75 Å². The Labute approximate surface area is 164 Å².